The van der Waals surface area contributed by atoms with Crippen LogP contribution >= 0.6 is 11.6 Å². The second-order valence-corrected chi connectivity index (χ2v) is 6.91. The second kappa shape index (κ2) is 9.21. The zero-order valence-electron chi connectivity index (χ0n) is 15.6. The summed E-state index contributed by atoms with van der Waals surface area (Å²) in [6.07, 6.45) is 0.969. The molecule has 0 saturated carbocycles. The molecule has 0 radical (unpaired) electrons. The minimum atomic E-state index is -0.0823. The number of anilines is 1. The Morgan fingerprint density at radius 1 is 1.44 bits per heavy atom. The number of amides is 1. The van der Waals surface area contributed by atoms with E-state index in [0.29, 0.717) is 54.4 Å². The molecule has 1 aromatic heterocycles. The Labute approximate surface area is 164 Å². The van der Waals surface area contributed by atoms with Crippen molar-refractivity contribution >= 4 is 23.3 Å². The molecule has 1 aromatic carbocycles. The van der Waals surface area contributed by atoms with Crippen LogP contribution in [0.1, 0.15) is 23.7 Å². The number of halogens is 1. The van der Waals surface area contributed by atoms with Gasteiger partial charge in [0.1, 0.15) is 5.56 Å². The summed E-state index contributed by atoms with van der Waals surface area (Å²) in [5, 5.41) is 11.3. The molecule has 1 unspecified atom stereocenters. The van der Waals surface area contributed by atoms with Gasteiger partial charge in [0.2, 0.25) is 0 Å². The van der Waals surface area contributed by atoms with E-state index in [1.165, 1.54) is 0 Å². The van der Waals surface area contributed by atoms with Crippen molar-refractivity contribution in [1.82, 2.24) is 15.4 Å². The third-order valence-electron chi connectivity index (χ3n) is 4.65. The predicted octanol–water partition coefficient (Wildman–Crippen LogP) is 2.88. The molecule has 1 amide bonds. The van der Waals surface area contributed by atoms with Crippen molar-refractivity contribution in [2.24, 2.45) is 0 Å². The summed E-state index contributed by atoms with van der Waals surface area (Å²) in [4.78, 5) is 15.2. The number of ether oxygens (including phenoxy) is 1. The third kappa shape index (κ3) is 4.61. The fourth-order valence-corrected chi connectivity index (χ4v) is 3.25. The fraction of sp³-hybridized carbons (Fsp3) is 0.474. The van der Waals surface area contributed by atoms with E-state index in [1.807, 2.05) is 17.0 Å². The molecule has 3 rings (SSSR count). The number of hydrogen-bond donors (Lipinski definition) is 2. The molecule has 1 saturated heterocycles. The summed E-state index contributed by atoms with van der Waals surface area (Å²) in [6.45, 7) is 5.24. The van der Waals surface area contributed by atoms with E-state index in [-0.39, 0.29) is 5.91 Å². The lowest BCUT2D eigenvalue weighted by Gasteiger charge is -2.33. The van der Waals surface area contributed by atoms with Crippen LogP contribution < -0.4 is 10.6 Å². The monoisotopic (exact) mass is 392 g/mol. The molecular formula is C19H25ClN4O3. The maximum Gasteiger partial charge on any atom is 0.261 e. The van der Waals surface area contributed by atoms with Crippen LogP contribution in [0, 0.1) is 0 Å². The molecule has 27 heavy (non-hydrogen) atoms. The lowest BCUT2D eigenvalue weighted by atomic mass is 10.1. The molecule has 7 nitrogen and oxygen atoms in total. The summed E-state index contributed by atoms with van der Waals surface area (Å²) in [5.74, 6) is 0.804. The molecule has 1 atom stereocenters. The number of nitrogens with one attached hydrogen (secondary N) is 2. The summed E-state index contributed by atoms with van der Waals surface area (Å²) in [5.41, 5.74) is 1.21. The normalized spacial score (nSPS) is 17.1. The molecular weight excluding hydrogens is 368 g/mol. The summed E-state index contributed by atoms with van der Waals surface area (Å²) >= 11 is 5.99. The van der Waals surface area contributed by atoms with Crippen LogP contribution in [0.25, 0.3) is 11.3 Å². The highest BCUT2D eigenvalue weighted by Gasteiger charge is 2.30. The lowest BCUT2D eigenvalue weighted by Crippen LogP contribution is -2.52. The SMILES string of the molecule is CCC1CN(C(=O)c2c(NCCOC)noc2-c2ccc(Cl)cc2)CCN1. The first-order valence-corrected chi connectivity index (χ1v) is 9.53. The van der Waals surface area contributed by atoms with Gasteiger partial charge in [-0.1, -0.05) is 23.7 Å². The zero-order chi connectivity index (χ0) is 19.2. The summed E-state index contributed by atoms with van der Waals surface area (Å²) in [6, 6.07) is 7.48. The Morgan fingerprint density at radius 2 is 2.22 bits per heavy atom. The first-order valence-electron chi connectivity index (χ1n) is 9.15. The van der Waals surface area contributed by atoms with Crippen molar-refractivity contribution in [2.45, 2.75) is 19.4 Å². The van der Waals surface area contributed by atoms with Crippen molar-refractivity contribution in [3.8, 4) is 11.3 Å². The van der Waals surface area contributed by atoms with Gasteiger partial charge in [-0.15, -0.1) is 0 Å². The van der Waals surface area contributed by atoms with Crippen molar-refractivity contribution in [3.05, 3.63) is 34.9 Å². The number of aromatic nitrogens is 1. The van der Waals surface area contributed by atoms with Crippen LogP contribution in [0.2, 0.25) is 5.02 Å². The number of carbonyl (C=O) groups excluding carboxylic acids is 1. The maximum atomic E-state index is 13.3. The Morgan fingerprint density at radius 3 is 2.93 bits per heavy atom. The summed E-state index contributed by atoms with van der Waals surface area (Å²) < 4.78 is 10.6. The second-order valence-electron chi connectivity index (χ2n) is 6.47. The quantitative estimate of drug-likeness (QED) is 0.705. The van der Waals surface area contributed by atoms with Gasteiger partial charge in [0.25, 0.3) is 5.91 Å². The first kappa shape index (κ1) is 19.7. The lowest BCUT2D eigenvalue weighted by molar-refractivity contribution is 0.0702. The molecule has 0 spiro atoms. The maximum absolute atomic E-state index is 13.3. The molecule has 1 aliphatic rings. The van der Waals surface area contributed by atoms with Gasteiger partial charge in [-0.2, -0.15) is 0 Å². The number of nitrogens with zero attached hydrogens (tertiary/aromatic N) is 2. The molecule has 1 fully saturated rings. The minimum absolute atomic E-state index is 0.0823. The van der Waals surface area contributed by atoms with Crippen LogP contribution in [0.5, 0.6) is 0 Å². The smallest absolute Gasteiger partial charge is 0.261 e. The number of piperazine rings is 1. The molecule has 8 heteroatoms. The first-order chi connectivity index (χ1) is 13.1. The van der Waals surface area contributed by atoms with E-state index >= 15 is 0 Å². The van der Waals surface area contributed by atoms with E-state index < -0.39 is 0 Å². The number of hydrogen-bond acceptors (Lipinski definition) is 6. The van der Waals surface area contributed by atoms with Crippen LogP contribution in [-0.4, -0.2) is 61.9 Å². The Kier molecular flexibility index (Phi) is 6.71. The van der Waals surface area contributed by atoms with Gasteiger partial charge in [0.05, 0.1) is 6.61 Å². The van der Waals surface area contributed by atoms with Gasteiger partial charge in [-0.05, 0) is 30.7 Å². The Balaban J connectivity index is 1.92. The van der Waals surface area contributed by atoms with Crippen LogP contribution in [0.15, 0.2) is 28.8 Å². The Bertz CT molecular complexity index is 763. The number of benzene rings is 1. The van der Waals surface area contributed by atoms with Gasteiger partial charge >= 0.3 is 0 Å². The van der Waals surface area contributed by atoms with Gasteiger partial charge in [0, 0.05) is 49.9 Å². The summed E-state index contributed by atoms with van der Waals surface area (Å²) in [7, 11) is 1.63. The standard InChI is InChI=1S/C19H25ClN4O3/c1-3-15-12-24(10-8-21-15)19(25)16-17(13-4-6-14(20)7-5-13)27-23-18(16)22-9-11-26-2/h4-7,15,21H,3,8-12H2,1-2H3,(H,22,23). The zero-order valence-corrected chi connectivity index (χ0v) is 16.4. The Hall–Kier alpha value is -2.09. The molecule has 146 valence electrons. The van der Waals surface area contributed by atoms with E-state index in [1.54, 1.807) is 19.2 Å². The predicted molar refractivity (Wildman–Crippen MR) is 105 cm³/mol. The largest absolute Gasteiger partial charge is 0.383 e. The van der Waals surface area contributed by atoms with E-state index in [0.717, 1.165) is 18.5 Å². The highest BCUT2D eigenvalue weighted by molar-refractivity contribution is 6.30. The highest BCUT2D eigenvalue weighted by Crippen LogP contribution is 2.31. The topological polar surface area (TPSA) is 79.6 Å². The molecule has 2 aromatic rings. The van der Waals surface area contributed by atoms with Crippen molar-refractivity contribution in [3.63, 3.8) is 0 Å². The molecule has 2 N–H and O–H groups in total. The molecule has 0 bridgehead atoms. The van der Waals surface area contributed by atoms with Gasteiger partial charge in [-0.25, -0.2) is 0 Å². The van der Waals surface area contributed by atoms with Crippen LogP contribution in [-0.2, 0) is 4.74 Å². The van der Waals surface area contributed by atoms with Gasteiger partial charge < -0.3 is 24.8 Å². The molecule has 2 heterocycles. The molecule has 0 aliphatic carbocycles. The van der Waals surface area contributed by atoms with Gasteiger partial charge in [-0.3, -0.25) is 4.79 Å². The van der Waals surface area contributed by atoms with E-state index in [2.05, 4.69) is 22.7 Å². The average Bonchev–Trinajstić information content (AvgIpc) is 3.12. The average molecular weight is 393 g/mol. The minimum Gasteiger partial charge on any atom is -0.383 e. The molecule has 1 aliphatic heterocycles. The number of methoxy groups -OCH3 is 1. The number of carbonyl (C=O) groups is 1. The fourth-order valence-electron chi connectivity index (χ4n) is 3.12. The van der Waals surface area contributed by atoms with Gasteiger partial charge in [0.15, 0.2) is 11.6 Å². The van der Waals surface area contributed by atoms with Crippen molar-refractivity contribution < 1.29 is 14.1 Å². The van der Waals surface area contributed by atoms with Crippen molar-refractivity contribution in [2.75, 3.05) is 45.2 Å². The number of rotatable bonds is 7. The van der Waals surface area contributed by atoms with Crippen LogP contribution in [0.3, 0.4) is 0 Å². The van der Waals surface area contributed by atoms with E-state index in [9.17, 15) is 4.79 Å². The highest BCUT2D eigenvalue weighted by atomic mass is 35.5. The van der Waals surface area contributed by atoms with Crippen LogP contribution in [0.4, 0.5) is 5.82 Å². The van der Waals surface area contributed by atoms with E-state index in [4.69, 9.17) is 20.9 Å². The third-order valence-corrected chi connectivity index (χ3v) is 4.90. The van der Waals surface area contributed by atoms with Crippen molar-refractivity contribution in [1.29, 1.82) is 0 Å².